The molecule has 7 nitrogen and oxygen atoms in total. The van der Waals surface area contributed by atoms with Gasteiger partial charge in [0.25, 0.3) is 0 Å². The fourth-order valence-corrected chi connectivity index (χ4v) is 3.84. The standard InChI is InChI=1S/C23H28N4O3/c1-2-30-23-20-15-24-19(12-18(20)14-25-23)13-22(28)26-21(17-6-4-3-5-7-17)16-27-8-10-29-11-9-27/h3-7,12,15,21H,2,8-11,13-14,16H2,1H3,(H,26,28). The van der Waals surface area contributed by atoms with Gasteiger partial charge in [-0.3, -0.25) is 14.7 Å². The highest BCUT2D eigenvalue weighted by Crippen LogP contribution is 2.20. The maximum Gasteiger partial charge on any atom is 0.226 e. The summed E-state index contributed by atoms with van der Waals surface area (Å²) >= 11 is 0. The van der Waals surface area contributed by atoms with Crippen LogP contribution in [-0.4, -0.2) is 61.1 Å². The van der Waals surface area contributed by atoms with Crippen LogP contribution in [0.25, 0.3) is 0 Å². The lowest BCUT2D eigenvalue weighted by molar-refractivity contribution is -0.121. The highest BCUT2D eigenvalue weighted by atomic mass is 16.5. The van der Waals surface area contributed by atoms with Gasteiger partial charge in [0.05, 0.1) is 50.1 Å². The Morgan fingerprint density at radius 3 is 2.83 bits per heavy atom. The molecule has 0 aliphatic carbocycles. The average Bonchev–Trinajstić information content (AvgIpc) is 3.17. The molecule has 3 heterocycles. The summed E-state index contributed by atoms with van der Waals surface area (Å²) in [5, 5.41) is 3.21. The van der Waals surface area contributed by atoms with E-state index in [-0.39, 0.29) is 18.4 Å². The van der Waals surface area contributed by atoms with Crippen LogP contribution in [0.1, 0.15) is 35.3 Å². The van der Waals surface area contributed by atoms with Crippen LogP contribution in [-0.2, 0) is 27.2 Å². The zero-order valence-corrected chi connectivity index (χ0v) is 17.3. The van der Waals surface area contributed by atoms with Gasteiger partial charge in [0.15, 0.2) is 0 Å². The third-order valence-electron chi connectivity index (χ3n) is 5.37. The van der Waals surface area contributed by atoms with E-state index in [0.717, 1.165) is 55.2 Å². The summed E-state index contributed by atoms with van der Waals surface area (Å²) in [6.45, 7) is 7.09. The van der Waals surface area contributed by atoms with Crippen LogP contribution in [0, 0.1) is 0 Å². The molecule has 1 saturated heterocycles. The van der Waals surface area contributed by atoms with E-state index in [1.165, 1.54) is 0 Å². The summed E-state index contributed by atoms with van der Waals surface area (Å²) < 4.78 is 11.0. The number of hydrogen-bond donors (Lipinski definition) is 1. The second-order valence-corrected chi connectivity index (χ2v) is 7.51. The van der Waals surface area contributed by atoms with E-state index in [2.05, 4.69) is 32.3 Å². The topological polar surface area (TPSA) is 76.0 Å². The van der Waals surface area contributed by atoms with Crippen LogP contribution in [0.5, 0.6) is 0 Å². The van der Waals surface area contributed by atoms with Crippen LogP contribution in [0.2, 0.25) is 0 Å². The number of nitrogens with one attached hydrogen (secondary N) is 1. The minimum absolute atomic E-state index is 0.0338. The number of nitrogens with zero attached hydrogens (tertiary/aromatic N) is 3. The molecular weight excluding hydrogens is 380 g/mol. The van der Waals surface area contributed by atoms with Crippen molar-refractivity contribution in [3.63, 3.8) is 0 Å². The number of aromatic nitrogens is 1. The number of carbonyl (C=O) groups excluding carboxylic acids is 1. The number of pyridine rings is 1. The van der Waals surface area contributed by atoms with Gasteiger partial charge in [0.2, 0.25) is 11.8 Å². The predicted octanol–water partition coefficient (Wildman–Crippen LogP) is 2.11. The van der Waals surface area contributed by atoms with E-state index in [9.17, 15) is 4.79 Å². The molecule has 1 N–H and O–H groups in total. The normalized spacial score (nSPS) is 17.2. The molecule has 2 aromatic rings. The molecule has 7 heteroatoms. The van der Waals surface area contributed by atoms with Gasteiger partial charge in [-0.1, -0.05) is 30.3 Å². The number of amides is 1. The van der Waals surface area contributed by atoms with Crippen molar-refractivity contribution < 1.29 is 14.3 Å². The first-order chi connectivity index (χ1) is 14.7. The summed E-state index contributed by atoms with van der Waals surface area (Å²) in [4.78, 5) is 24.1. The number of aliphatic imine (C=N–C) groups is 1. The summed E-state index contributed by atoms with van der Waals surface area (Å²) in [5.41, 5.74) is 3.84. The second kappa shape index (κ2) is 9.82. The molecule has 2 aliphatic rings. The molecule has 1 atom stereocenters. The van der Waals surface area contributed by atoms with Crippen molar-refractivity contribution in [3.8, 4) is 0 Å². The molecule has 1 aromatic carbocycles. The SMILES string of the molecule is CCOC1=NCc2cc(CC(=O)NC(CN3CCOCC3)c3ccccc3)ncc21. The first-order valence-corrected chi connectivity index (χ1v) is 10.5. The van der Waals surface area contributed by atoms with E-state index >= 15 is 0 Å². The highest BCUT2D eigenvalue weighted by molar-refractivity contribution is 5.97. The first-order valence-electron chi connectivity index (χ1n) is 10.5. The van der Waals surface area contributed by atoms with Crippen LogP contribution < -0.4 is 5.32 Å². The van der Waals surface area contributed by atoms with E-state index in [4.69, 9.17) is 9.47 Å². The van der Waals surface area contributed by atoms with E-state index in [0.29, 0.717) is 19.0 Å². The third-order valence-corrected chi connectivity index (χ3v) is 5.37. The van der Waals surface area contributed by atoms with Crippen molar-refractivity contribution in [2.75, 3.05) is 39.5 Å². The number of rotatable bonds is 7. The predicted molar refractivity (Wildman–Crippen MR) is 114 cm³/mol. The molecule has 2 aliphatic heterocycles. The Morgan fingerprint density at radius 1 is 1.27 bits per heavy atom. The Bertz CT molecular complexity index is 895. The van der Waals surface area contributed by atoms with Gasteiger partial charge in [-0.25, -0.2) is 4.99 Å². The Labute approximate surface area is 177 Å². The zero-order valence-electron chi connectivity index (χ0n) is 17.3. The van der Waals surface area contributed by atoms with Crippen LogP contribution in [0.4, 0.5) is 0 Å². The molecule has 1 aromatic heterocycles. The molecular formula is C23H28N4O3. The second-order valence-electron chi connectivity index (χ2n) is 7.51. The zero-order chi connectivity index (χ0) is 20.8. The van der Waals surface area contributed by atoms with Gasteiger partial charge in [0, 0.05) is 25.8 Å². The molecule has 1 amide bonds. The van der Waals surface area contributed by atoms with Gasteiger partial charge in [-0.15, -0.1) is 0 Å². The number of hydrogen-bond acceptors (Lipinski definition) is 6. The number of morpholine rings is 1. The fourth-order valence-electron chi connectivity index (χ4n) is 3.84. The maximum atomic E-state index is 12.9. The first kappa shape index (κ1) is 20.5. The van der Waals surface area contributed by atoms with Crippen LogP contribution >= 0.6 is 0 Å². The van der Waals surface area contributed by atoms with Crippen LogP contribution in [0.15, 0.2) is 47.6 Å². The molecule has 0 radical (unpaired) electrons. The van der Waals surface area contributed by atoms with Gasteiger partial charge in [-0.05, 0) is 24.1 Å². The summed E-state index contributed by atoms with van der Waals surface area (Å²) in [5.74, 6) is 0.610. The molecule has 0 bridgehead atoms. The lowest BCUT2D eigenvalue weighted by Gasteiger charge is -2.31. The van der Waals surface area contributed by atoms with Crippen molar-refractivity contribution in [1.29, 1.82) is 0 Å². The minimum atomic E-state index is -0.0703. The smallest absolute Gasteiger partial charge is 0.226 e. The lowest BCUT2D eigenvalue weighted by Crippen LogP contribution is -2.43. The van der Waals surface area contributed by atoms with Gasteiger partial charge < -0.3 is 14.8 Å². The Hall–Kier alpha value is -2.77. The van der Waals surface area contributed by atoms with Crippen LogP contribution in [0.3, 0.4) is 0 Å². The van der Waals surface area contributed by atoms with E-state index in [1.807, 2.05) is 31.2 Å². The summed E-state index contributed by atoms with van der Waals surface area (Å²) in [7, 11) is 0. The fraction of sp³-hybridized carbons (Fsp3) is 0.435. The molecule has 30 heavy (non-hydrogen) atoms. The third kappa shape index (κ3) is 5.04. The molecule has 1 unspecified atom stereocenters. The van der Waals surface area contributed by atoms with Gasteiger partial charge >= 0.3 is 0 Å². The van der Waals surface area contributed by atoms with Crippen molar-refractivity contribution in [3.05, 3.63) is 65.0 Å². The molecule has 0 spiro atoms. The van der Waals surface area contributed by atoms with Crippen molar-refractivity contribution in [1.82, 2.24) is 15.2 Å². The molecule has 0 saturated carbocycles. The summed E-state index contributed by atoms with van der Waals surface area (Å²) in [6, 6.07) is 12.0. The maximum absolute atomic E-state index is 12.9. The van der Waals surface area contributed by atoms with Gasteiger partial charge in [-0.2, -0.15) is 0 Å². The van der Waals surface area contributed by atoms with Gasteiger partial charge in [0.1, 0.15) is 0 Å². The van der Waals surface area contributed by atoms with Crippen molar-refractivity contribution >= 4 is 11.8 Å². The quantitative estimate of drug-likeness (QED) is 0.759. The minimum Gasteiger partial charge on any atom is -0.478 e. The largest absolute Gasteiger partial charge is 0.478 e. The highest BCUT2D eigenvalue weighted by Gasteiger charge is 2.22. The number of ether oxygens (including phenoxy) is 2. The Morgan fingerprint density at radius 2 is 2.07 bits per heavy atom. The van der Waals surface area contributed by atoms with Crippen molar-refractivity contribution in [2.24, 2.45) is 4.99 Å². The Balaban J connectivity index is 1.41. The number of carbonyl (C=O) groups is 1. The van der Waals surface area contributed by atoms with E-state index in [1.54, 1.807) is 6.20 Å². The number of benzene rings is 1. The molecule has 158 valence electrons. The van der Waals surface area contributed by atoms with E-state index < -0.39 is 0 Å². The monoisotopic (exact) mass is 408 g/mol. The molecule has 4 rings (SSSR count). The number of fused-ring (bicyclic) bond motifs is 1. The van der Waals surface area contributed by atoms with Crippen molar-refractivity contribution in [2.45, 2.75) is 25.9 Å². The summed E-state index contributed by atoms with van der Waals surface area (Å²) in [6.07, 6.45) is 2.01. The average molecular weight is 409 g/mol. The molecule has 1 fully saturated rings. The lowest BCUT2D eigenvalue weighted by atomic mass is 10.1. The Kier molecular flexibility index (Phi) is 6.71.